The molecule has 1 atom stereocenters. The molecule has 0 radical (unpaired) electrons. The normalized spacial score (nSPS) is 17.3. The van der Waals surface area contributed by atoms with Crippen LogP contribution < -0.4 is 20.7 Å². The Morgan fingerprint density at radius 3 is 2.04 bits per heavy atom. The summed E-state index contributed by atoms with van der Waals surface area (Å²) in [5.41, 5.74) is 0.657. The van der Waals surface area contributed by atoms with Crippen molar-refractivity contribution < 1.29 is 27.5 Å². The molecule has 138 valence electrons. The lowest BCUT2D eigenvalue weighted by molar-refractivity contribution is -0.274. The summed E-state index contributed by atoms with van der Waals surface area (Å²) in [6, 6.07) is 3.61. The Morgan fingerprint density at radius 1 is 1.08 bits per heavy atom. The highest BCUT2D eigenvalue weighted by atomic mass is 19.4. The minimum absolute atomic E-state index is 0.292. The van der Waals surface area contributed by atoms with Gasteiger partial charge in [-0.3, -0.25) is 5.32 Å². The van der Waals surface area contributed by atoms with Gasteiger partial charge < -0.3 is 15.4 Å². The first-order valence-electron chi connectivity index (χ1n) is 7.59. The predicted octanol–water partition coefficient (Wildman–Crippen LogP) is 2.66. The molecule has 7 nitrogen and oxygen atoms in total. The standard InChI is InChI=1S/C15H19F3N4O3/c1-8(2)22-13(23)20-12(21-14(22)24)19-9(3)10-4-6-11(7-5-10)25-15(16,17)18/h4-9,12,19H,1-3H3,(H,20,23)(H,21,24)/t9-/m0/s1. The zero-order valence-corrected chi connectivity index (χ0v) is 13.8. The molecule has 1 saturated heterocycles. The zero-order valence-electron chi connectivity index (χ0n) is 13.8. The predicted molar refractivity (Wildman–Crippen MR) is 82.5 cm³/mol. The molecule has 0 unspecified atom stereocenters. The SMILES string of the molecule is CC(C)N1C(=O)NC(N[C@@H](C)c2ccc(OC(F)(F)F)cc2)NC1=O. The van der Waals surface area contributed by atoms with E-state index in [0.717, 1.165) is 4.90 Å². The van der Waals surface area contributed by atoms with Gasteiger partial charge in [0.25, 0.3) is 0 Å². The number of imide groups is 1. The molecule has 10 heteroatoms. The van der Waals surface area contributed by atoms with Crippen LogP contribution in [0.2, 0.25) is 0 Å². The molecule has 2 rings (SSSR count). The Morgan fingerprint density at radius 2 is 1.60 bits per heavy atom. The van der Waals surface area contributed by atoms with Gasteiger partial charge in [-0.1, -0.05) is 12.1 Å². The van der Waals surface area contributed by atoms with E-state index >= 15 is 0 Å². The van der Waals surface area contributed by atoms with Crippen LogP contribution in [0.5, 0.6) is 5.75 Å². The van der Waals surface area contributed by atoms with Crippen molar-refractivity contribution in [2.75, 3.05) is 0 Å². The van der Waals surface area contributed by atoms with Gasteiger partial charge in [0.05, 0.1) is 0 Å². The van der Waals surface area contributed by atoms with Crippen LogP contribution in [0, 0.1) is 0 Å². The van der Waals surface area contributed by atoms with Crippen molar-refractivity contribution in [3.8, 4) is 5.75 Å². The zero-order chi connectivity index (χ0) is 18.8. The number of carbonyl (C=O) groups is 2. The van der Waals surface area contributed by atoms with Crippen LogP contribution in [0.1, 0.15) is 32.4 Å². The summed E-state index contributed by atoms with van der Waals surface area (Å²) < 4.78 is 40.3. The van der Waals surface area contributed by atoms with Gasteiger partial charge in [-0.15, -0.1) is 13.2 Å². The fourth-order valence-electron chi connectivity index (χ4n) is 2.37. The third-order valence-electron chi connectivity index (χ3n) is 3.52. The van der Waals surface area contributed by atoms with Crippen molar-refractivity contribution >= 4 is 12.1 Å². The minimum Gasteiger partial charge on any atom is -0.406 e. The molecule has 1 heterocycles. The molecule has 0 spiro atoms. The number of ether oxygens (including phenoxy) is 1. The van der Waals surface area contributed by atoms with Gasteiger partial charge in [0.2, 0.25) is 0 Å². The van der Waals surface area contributed by atoms with E-state index in [1.54, 1.807) is 20.8 Å². The monoisotopic (exact) mass is 360 g/mol. The van der Waals surface area contributed by atoms with E-state index in [9.17, 15) is 22.8 Å². The largest absolute Gasteiger partial charge is 0.573 e. The van der Waals surface area contributed by atoms with E-state index < -0.39 is 24.7 Å². The molecule has 0 aromatic heterocycles. The van der Waals surface area contributed by atoms with Crippen LogP contribution in [0.3, 0.4) is 0 Å². The van der Waals surface area contributed by atoms with Crippen LogP contribution in [0.25, 0.3) is 0 Å². The van der Waals surface area contributed by atoms with E-state index in [1.165, 1.54) is 24.3 Å². The number of nitrogens with one attached hydrogen (secondary N) is 3. The summed E-state index contributed by atoms with van der Waals surface area (Å²) in [6.45, 7) is 5.16. The third kappa shape index (κ3) is 4.99. The number of carbonyl (C=O) groups excluding carboxylic acids is 2. The molecule has 1 aliphatic heterocycles. The van der Waals surface area contributed by atoms with E-state index in [4.69, 9.17) is 0 Å². The van der Waals surface area contributed by atoms with Gasteiger partial charge in [0.15, 0.2) is 6.29 Å². The highest BCUT2D eigenvalue weighted by Gasteiger charge is 2.34. The molecule has 3 N–H and O–H groups in total. The topological polar surface area (TPSA) is 82.7 Å². The van der Waals surface area contributed by atoms with Gasteiger partial charge in [-0.25, -0.2) is 14.5 Å². The molecule has 0 saturated carbocycles. The second-order valence-corrected chi connectivity index (χ2v) is 5.80. The second kappa shape index (κ2) is 7.18. The first kappa shape index (κ1) is 18.8. The summed E-state index contributed by atoms with van der Waals surface area (Å²) >= 11 is 0. The van der Waals surface area contributed by atoms with Crippen LogP contribution in [0.15, 0.2) is 24.3 Å². The van der Waals surface area contributed by atoms with Crippen molar-refractivity contribution in [2.24, 2.45) is 0 Å². The van der Waals surface area contributed by atoms with Crippen LogP contribution in [-0.4, -0.2) is 35.7 Å². The Labute approximate surface area is 142 Å². The average molecular weight is 360 g/mol. The van der Waals surface area contributed by atoms with Crippen molar-refractivity contribution in [3.63, 3.8) is 0 Å². The number of halogens is 3. The number of nitrogens with zero attached hydrogens (tertiary/aromatic N) is 1. The highest BCUT2D eigenvalue weighted by Crippen LogP contribution is 2.24. The molecule has 1 aliphatic rings. The van der Waals surface area contributed by atoms with Crippen molar-refractivity contribution in [2.45, 2.75) is 45.5 Å². The lowest BCUT2D eigenvalue weighted by Gasteiger charge is -2.36. The minimum atomic E-state index is -4.75. The Kier molecular flexibility index (Phi) is 5.41. The quantitative estimate of drug-likeness (QED) is 0.754. The highest BCUT2D eigenvalue weighted by molar-refractivity contribution is 5.96. The number of hydrogen-bond acceptors (Lipinski definition) is 4. The van der Waals surface area contributed by atoms with Crippen molar-refractivity contribution in [1.82, 2.24) is 20.9 Å². The first-order valence-corrected chi connectivity index (χ1v) is 7.59. The number of urea groups is 2. The molecule has 1 aromatic carbocycles. The van der Waals surface area contributed by atoms with Crippen LogP contribution in [0.4, 0.5) is 22.8 Å². The lowest BCUT2D eigenvalue weighted by atomic mass is 10.1. The summed E-state index contributed by atoms with van der Waals surface area (Å²) in [6.07, 6.45) is -5.54. The molecular formula is C15H19F3N4O3. The molecule has 1 fully saturated rings. The molecule has 0 aliphatic carbocycles. The van der Waals surface area contributed by atoms with E-state index in [1.807, 2.05) is 0 Å². The Balaban J connectivity index is 1.97. The fourth-order valence-corrected chi connectivity index (χ4v) is 2.37. The van der Waals surface area contributed by atoms with Gasteiger partial charge in [-0.2, -0.15) is 0 Å². The van der Waals surface area contributed by atoms with Crippen molar-refractivity contribution in [1.29, 1.82) is 0 Å². The average Bonchev–Trinajstić information content (AvgIpc) is 2.44. The number of benzene rings is 1. The Bertz CT molecular complexity index is 616. The third-order valence-corrected chi connectivity index (χ3v) is 3.52. The maximum atomic E-state index is 12.2. The van der Waals surface area contributed by atoms with Crippen LogP contribution in [-0.2, 0) is 0 Å². The number of amides is 4. The van der Waals surface area contributed by atoms with Crippen molar-refractivity contribution in [3.05, 3.63) is 29.8 Å². The van der Waals surface area contributed by atoms with Gasteiger partial charge in [0.1, 0.15) is 5.75 Å². The lowest BCUT2D eigenvalue weighted by Crippen LogP contribution is -2.69. The number of hydrogen-bond donors (Lipinski definition) is 3. The summed E-state index contributed by atoms with van der Waals surface area (Å²) in [4.78, 5) is 24.9. The molecular weight excluding hydrogens is 341 g/mol. The summed E-state index contributed by atoms with van der Waals surface area (Å²) in [5.74, 6) is -0.324. The second-order valence-electron chi connectivity index (χ2n) is 5.80. The van der Waals surface area contributed by atoms with Crippen LogP contribution >= 0.6 is 0 Å². The summed E-state index contributed by atoms with van der Waals surface area (Å²) in [7, 11) is 0. The molecule has 1 aromatic rings. The van der Waals surface area contributed by atoms with E-state index in [2.05, 4.69) is 20.7 Å². The first-order chi connectivity index (χ1) is 11.6. The maximum Gasteiger partial charge on any atom is 0.573 e. The van der Waals surface area contributed by atoms with E-state index in [0.29, 0.717) is 5.56 Å². The number of alkyl halides is 3. The van der Waals surface area contributed by atoms with E-state index in [-0.39, 0.29) is 17.8 Å². The maximum absolute atomic E-state index is 12.2. The number of rotatable bonds is 5. The van der Waals surface area contributed by atoms with Gasteiger partial charge >= 0.3 is 18.4 Å². The molecule has 4 amide bonds. The van der Waals surface area contributed by atoms with Gasteiger partial charge in [0, 0.05) is 12.1 Å². The summed E-state index contributed by atoms with van der Waals surface area (Å²) in [5, 5.41) is 8.15. The molecule has 25 heavy (non-hydrogen) atoms. The van der Waals surface area contributed by atoms with Gasteiger partial charge in [-0.05, 0) is 38.5 Å². The fraction of sp³-hybridized carbons (Fsp3) is 0.467. The Hall–Kier alpha value is -2.49. The molecule has 0 bridgehead atoms. The smallest absolute Gasteiger partial charge is 0.406 e.